The number of rotatable bonds is 7. The summed E-state index contributed by atoms with van der Waals surface area (Å²) >= 11 is 1.37. The van der Waals surface area contributed by atoms with Gasteiger partial charge in [-0.3, -0.25) is 4.79 Å². The molecule has 0 spiro atoms. The number of fused-ring (bicyclic) bond motifs is 1. The number of carbonyl (C=O) groups is 1. The van der Waals surface area contributed by atoms with Crippen molar-refractivity contribution in [2.45, 2.75) is 6.92 Å². The van der Waals surface area contributed by atoms with Gasteiger partial charge in [-0.25, -0.2) is 4.98 Å². The Morgan fingerprint density at radius 2 is 1.71 bits per heavy atom. The van der Waals surface area contributed by atoms with Crippen molar-refractivity contribution in [1.82, 2.24) is 4.98 Å². The molecule has 1 heterocycles. The number of anilines is 1. The first kappa shape index (κ1) is 23.7. The number of benzene rings is 3. The third-order valence-corrected chi connectivity index (χ3v) is 6.17. The quantitative estimate of drug-likeness (QED) is 0.264. The minimum Gasteiger partial charge on any atom is -0.493 e. The Hall–Kier alpha value is -4.42. The Balaban J connectivity index is 1.78. The van der Waals surface area contributed by atoms with E-state index in [-0.39, 0.29) is 5.91 Å². The van der Waals surface area contributed by atoms with E-state index in [0.717, 1.165) is 15.8 Å². The Morgan fingerprint density at radius 3 is 2.31 bits per heavy atom. The highest BCUT2D eigenvalue weighted by Crippen LogP contribution is 2.38. The summed E-state index contributed by atoms with van der Waals surface area (Å²) in [6.45, 7) is 2.00. The minimum absolute atomic E-state index is 0.376. The highest BCUT2D eigenvalue weighted by atomic mass is 32.1. The van der Waals surface area contributed by atoms with E-state index in [1.807, 2.05) is 25.1 Å². The van der Waals surface area contributed by atoms with Gasteiger partial charge in [-0.05, 0) is 61.0 Å². The summed E-state index contributed by atoms with van der Waals surface area (Å²) in [6.07, 6.45) is 1.53. The molecule has 0 aliphatic rings. The fourth-order valence-corrected chi connectivity index (χ4v) is 4.43. The first-order valence-electron chi connectivity index (χ1n) is 10.5. The number of hydrogen-bond acceptors (Lipinski definition) is 8. The van der Waals surface area contributed by atoms with Crippen molar-refractivity contribution in [1.29, 1.82) is 5.26 Å². The van der Waals surface area contributed by atoms with E-state index in [1.165, 1.54) is 43.9 Å². The van der Waals surface area contributed by atoms with Crippen LogP contribution in [0.25, 0.3) is 10.2 Å². The van der Waals surface area contributed by atoms with Gasteiger partial charge in [0.2, 0.25) is 10.9 Å². The molecule has 0 N–H and O–H groups in total. The number of nitriles is 1. The smallest absolute Gasteiger partial charge is 0.280 e. The number of ether oxygens (including phenoxy) is 3. The summed E-state index contributed by atoms with van der Waals surface area (Å²) < 4.78 is 17.2. The van der Waals surface area contributed by atoms with Crippen molar-refractivity contribution in [3.05, 3.63) is 76.9 Å². The number of nitrogens with zero attached hydrogens (tertiary/aromatic N) is 4. The second kappa shape index (κ2) is 10.2. The van der Waals surface area contributed by atoms with Gasteiger partial charge < -0.3 is 14.2 Å². The zero-order valence-electron chi connectivity index (χ0n) is 19.6. The summed E-state index contributed by atoms with van der Waals surface area (Å²) in [5, 5.41) is 15.3. The average molecular weight is 487 g/mol. The number of methoxy groups -OCH3 is 3. The van der Waals surface area contributed by atoms with Crippen molar-refractivity contribution in [3.8, 4) is 23.3 Å². The molecule has 0 bridgehead atoms. The fourth-order valence-electron chi connectivity index (χ4n) is 3.41. The molecular weight excluding hydrogens is 464 g/mol. The second-order valence-corrected chi connectivity index (χ2v) is 8.49. The molecule has 4 rings (SSSR count). The summed E-state index contributed by atoms with van der Waals surface area (Å²) in [7, 11) is 4.59. The predicted molar refractivity (Wildman–Crippen MR) is 136 cm³/mol. The van der Waals surface area contributed by atoms with E-state index in [0.29, 0.717) is 39.1 Å². The second-order valence-electron chi connectivity index (χ2n) is 7.48. The maximum absolute atomic E-state index is 13.5. The average Bonchev–Trinajstić information content (AvgIpc) is 3.30. The monoisotopic (exact) mass is 486 g/mol. The zero-order chi connectivity index (χ0) is 24.9. The largest absolute Gasteiger partial charge is 0.493 e. The predicted octanol–water partition coefficient (Wildman–Crippen LogP) is 5.18. The molecule has 1 amide bonds. The van der Waals surface area contributed by atoms with Crippen LogP contribution in [0.1, 0.15) is 27.0 Å². The first-order valence-corrected chi connectivity index (χ1v) is 11.3. The van der Waals surface area contributed by atoms with E-state index in [1.54, 1.807) is 36.4 Å². The Bertz CT molecular complexity index is 1430. The highest BCUT2D eigenvalue weighted by molar-refractivity contribution is 7.22. The normalized spacial score (nSPS) is 10.8. The van der Waals surface area contributed by atoms with Gasteiger partial charge in [-0.1, -0.05) is 17.4 Å². The van der Waals surface area contributed by atoms with Crippen LogP contribution in [0.4, 0.5) is 5.13 Å². The lowest BCUT2D eigenvalue weighted by Crippen LogP contribution is -2.25. The van der Waals surface area contributed by atoms with Gasteiger partial charge in [-0.15, -0.1) is 0 Å². The molecule has 1 aromatic heterocycles. The molecule has 8 nitrogen and oxygen atoms in total. The minimum atomic E-state index is -0.381. The SMILES string of the molecule is COc1cc(/C=N/N(C(=O)c2ccc(C#N)cc2)c2nc3ccc(C)cc3s2)cc(OC)c1OC. The molecule has 0 radical (unpaired) electrons. The number of hydrazone groups is 1. The lowest BCUT2D eigenvalue weighted by Gasteiger charge is -2.15. The Morgan fingerprint density at radius 1 is 1.03 bits per heavy atom. The van der Waals surface area contributed by atoms with Crippen LogP contribution in [0.3, 0.4) is 0 Å². The first-order chi connectivity index (χ1) is 17.0. The van der Waals surface area contributed by atoms with Crippen LogP contribution >= 0.6 is 11.3 Å². The number of aromatic nitrogens is 1. The maximum Gasteiger partial charge on any atom is 0.280 e. The van der Waals surface area contributed by atoms with Gasteiger partial charge in [0, 0.05) is 11.1 Å². The van der Waals surface area contributed by atoms with Gasteiger partial charge in [-0.2, -0.15) is 15.4 Å². The number of aryl methyl sites for hydroxylation is 1. The molecule has 0 fully saturated rings. The number of amides is 1. The van der Waals surface area contributed by atoms with Crippen LogP contribution in [0, 0.1) is 18.3 Å². The molecular formula is C26H22N4O4S. The molecule has 176 valence electrons. The van der Waals surface area contributed by atoms with Crippen LogP contribution in [-0.4, -0.2) is 38.4 Å². The van der Waals surface area contributed by atoms with Gasteiger partial charge in [0.1, 0.15) is 0 Å². The Kier molecular flexibility index (Phi) is 6.94. The molecule has 0 saturated carbocycles. The highest BCUT2D eigenvalue weighted by Gasteiger charge is 2.21. The molecule has 35 heavy (non-hydrogen) atoms. The lowest BCUT2D eigenvalue weighted by molar-refractivity contribution is 0.0988. The maximum atomic E-state index is 13.5. The van der Waals surface area contributed by atoms with E-state index >= 15 is 0 Å². The van der Waals surface area contributed by atoms with Gasteiger partial charge in [0.05, 0.1) is 49.4 Å². The van der Waals surface area contributed by atoms with Crippen molar-refractivity contribution >= 4 is 38.8 Å². The summed E-state index contributed by atoms with van der Waals surface area (Å²) in [6, 6.07) is 17.8. The molecule has 0 unspecified atom stereocenters. The molecule has 4 aromatic rings. The third kappa shape index (κ3) is 4.93. The van der Waals surface area contributed by atoms with Crippen molar-refractivity contribution in [2.75, 3.05) is 26.3 Å². The fraction of sp³-hybridized carbons (Fsp3) is 0.154. The number of hydrogen-bond donors (Lipinski definition) is 0. The van der Waals surface area contributed by atoms with Gasteiger partial charge >= 0.3 is 0 Å². The van der Waals surface area contributed by atoms with E-state index < -0.39 is 0 Å². The lowest BCUT2D eigenvalue weighted by atomic mass is 10.1. The summed E-state index contributed by atoms with van der Waals surface area (Å²) in [4.78, 5) is 18.1. The number of carbonyl (C=O) groups excluding carboxylic acids is 1. The molecule has 0 saturated heterocycles. The van der Waals surface area contributed by atoms with E-state index in [2.05, 4.69) is 16.2 Å². The van der Waals surface area contributed by atoms with Gasteiger partial charge in [0.25, 0.3) is 5.91 Å². The summed E-state index contributed by atoms with van der Waals surface area (Å²) in [5.41, 5.74) is 3.34. The zero-order valence-corrected chi connectivity index (χ0v) is 20.4. The van der Waals surface area contributed by atoms with Crippen LogP contribution in [0.5, 0.6) is 17.2 Å². The molecule has 0 aliphatic carbocycles. The van der Waals surface area contributed by atoms with Crippen molar-refractivity contribution in [2.24, 2.45) is 5.10 Å². The van der Waals surface area contributed by atoms with Crippen LogP contribution in [0.15, 0.2) is 59.7 Å². The Labute approximate surface area is 206 Å². The van der Waals surface area contributed by atoms with E-state index in [9.17, 15) is 4.79 Å². The van der Waals surface area contributed by atoms with Crippen LogP contribution < -0.4 is 19.2 Å². The number of thiazole rings is 1. The van der Waals surface area contributed by atoms with Crippen LogP contribution in [0.2, 0.25) is 0 Å². The van der Waals surface area contributed by atoms with Crippen molar-refractivity contribution in [3.63, 3.8) is 0 Å². The topological polar surface area (TPSA) is 97.0 Å². The van der Waals surface area contributed by atoms with Crippen molar-refractivity contribution < 1.29 is 19.0 Å². The molecule has 3 aromatic carbocycles. The third-order valence-electron chi connectivity index (χ3n) is 5.18. The standard InChI is InChI=1S/C26H22N4O4S/c1-16-5-10-20-23(11-16)35-26(29-20)30(25(31)19-8-6-17(14-27)7-9-19)28-15-18-12-21(32-2)24(34-4)22(13-18)33-3/h5-13,15H,1-4H3/b28-15+. The van der Waals surface area contributed by atoms with E-state index in [4.69, 9.17) is 19.5 Å². The van der Waals surface area contributed by atoms with Crippen LogP contribution in [-0.2, 0) is 0 Å². The summed E-state index contributed by atoms with van der Waals surface area (Å²) in [5.74, 6) is 1.01. The molecule has 0 atom stereocenters. The molecule has 9 heteroatoms. The molecule has 0 aliphatic heterocycles. The van der Waals surface area contributed by atoms with Gasteiger partial charge in [0.15, 0.2) is 11.5 Å².